The number of hydrogen-bond acceptors (Lipinski definition) is 4. The molecule has 3 aromatic rings. The van der Waals surface area contributed by atoms with Crippen LogP contribution in [0.1, 0.15) is 57.1 Å². The molecule has 6 nitrogen and oxygen atoms in total. The summed E-state index contributed by atoms with van der Waals surface area (Å²) in [5, 5.41) is 8.26. The first-order valence-electron chi connectivity index (χ1n) is 12.9. The Balaban J connectivity index is 1.42. The summed E-state index contributed by atoms with van der Waals surface area (Å²) in [5.41, 5.74) is 9.28. The largest absolute Gasteiger partial charge is 0.368 e. The summed E-state index contributed by atoms with van der Waals surface area (Å²) in [4.78, 5) is 18.3. The Hall–Kier alpha value is -3.12. The number of aromatic nitrogens is 2. The van der Waals surface area contributed by atoms with Crippen molar-refractivity contribution in [3.63, 3.8) is 0 Å². The summed E-state index contributed by atoms with van der Waals surface area (Å²) in [6.07, 6.45) is 3.87. The number of piperidine rings is 1. The van der Waals surface area contributed by atoms with Crippen LogP contribution in [0.25, 0.3) is 5.69 Å². The Labute approximate surface area is 208 Å². The van der Waals surface area contributed by atoms with E-state index in [1.54, 1.807) is 0 Å². The van der Waals surface area contributed by atoms with Crippen LogP contribution in [0, 0.1) is 27.7 Å². The predicted molar refractivity (Wildman–Crippen MR) is 142 cm³/mol. The van der Waals surface area contributed by atoms with Gasteiger partial charge in [0.05, 0.1) is 23.1 Å². The molecular formula is C29H37N5O. The van der Waals surface area contributed by atoms with E-state index in [-0.39, 0.29) is 5.91 Å². The lowest BCUT2D eigenvalue weighted by Gasteiger charge is -2.37. The Morgan fingerprint density at radius 3 is 2.37 bits per heavy atom. The molecule has 0 unspecified atom stereocenters. The molecule has 2 aliphatic rings. The van der Waals surface area contributed by atoms with Crippen molar-refractivity contribution in [2.24, 2.45) is 0 Å². The maximum Gasteiger partial charge on any atom is 0.257 e. The second-order valence-electron chi connectivity index (χ2n) is 10.2. The number of anilines is 1. The molecule has 3 heterocycles. The van der Waals surface area contributed by atoms with Gasteiger partial charge < -0.3 is 15.1 Å². The lowest BCUT2D eigenvalue weighted by molar-refractivity contribution is 0.0744. The van der Waals surface area contributed by atoms with Gasteiger partial charge in [-0.05, 0) is 82.4 Å². The quantitative estimate of drug-likeness (QED) is 0.607. The molecule has 2 saturated heterocycles. The van der Waals surface area contributed by atoms with Crippen LogP contribution < -0.4 is 10.2 Å². The van der Waals surface area contributed by atoms with Gasteiger partial charge in [-0.15, -0.1) is 0 Å². The van der Waals surface area contributed by atoms with Crippen LogP contribution in [0.5, 0.6) is 0 Å². The normalized spacial score (nSPS) is 17.1. The van der Waals surface area contributed by atoms with E-state index >= 15 is 0 Å². The van der Waals surface area contributed by atoms with E-state index in [4.69, 9.17) is 5.10 Å². The fraction of sp³-hybridized carbons (Fsp3) is 0.448. The molecule has 2 aliphatic heterocycles. The average Bonchev–Trinajstić information content (AvgIpc) is 3.31. The fourth-order valence-corrected chi connectivity index (χ4v) is 5.64. The molecule has 0 saturated carbocycles. The van der Waals surface area contributed by atoms with Crippen molar-refractivity contribution in [1.82, 2.24) is 20.0 Å². The molecule has 1 amide bonds. The molecule has 184 valence electrons. The van der Waals surface area contributed by atoms with Gasteiger partial charge in [0.25, 0.3) is 5.91 Å². The van der Waals surface area contributed by atoms with Crippen LogP contribution in [0.2, 0.25) is 0 Å². The first-order chi connectivity index (χ1) is 16.9. The average molecular weight is 472 g/mol. The van der Waals surface area contributed by atoms with E-state index < -0.39 is 0 Å². The van der Waals surface area contributed by atoms with E-state index in [1.165, 1.54) is 27.9 Å². The third-order valence-corrected chi connectivity index (χ3v) is 7.83. The van der Waals surface area contributed by atoms with E-state index in [9.17, 15) is 4.79 Å². The number of hydrogen-bond donors (Lipinski definition) is 1. The van der Waals surface area contributed by atoms with Crippen LogP contribution in [0.3, 0.4) is 0 Å². The van der Waals surface area contributed by atoms with Crippen LogP contribution in [-0.4, -0.2) is 59.9 Å². The summed E-state index contributed by atoms with van der Waals surface area (Å²) in [6, 6.07) is 12.9. The van der Waals surface area contributed by atoms with Crippen LogP contribution in [-0.2, 0) is 0 Å². The molecule has 2 aromatic carbocycles. The maximum absolute atomic E-state index is 13.8. The fourth-order valence-electron chi connectivity index (χ4n) is 5.64. The second-order valence-corrected chi connectivity index (χ2v) is 10.2. The minimum Gasteiger partial charge on any atom is -0.368 e. The van der Waals surface area contributed by atoms with E-state index in [0.717, 1.165) is 69.1 Å². The molecule has 1 N–H and O–H groups in total. The first-order valence-corrected chi connectivity index (χ1v) is 12.9. The van der Waals surface area contributed by atoms with Gasteiger partial charge in [-0.25, -0.2) is 4.68 Å². The minimum absolute atomic E-state index is 0.121. The highest BCUT2D eigenvalue weighted by Gasteiger charge is 2.31. The SMILES string of the molecule is Cc1ccc(-n2ncc(C(=O)N3CCN(c4cccc(C)c4C)CC3)c2C2CCNCC2)c(C)c1. The Kier molecular flexibility index (Phi) is 6.65. The van der Waals surface area contributed by atoms with Gasteiger partial charge in [-0.1, -0.05) is 29.8 Å². The van der Waals surface area contributed by atoms with Crippen LogP contribution in [0.4, 0.5) is 5.69 Å². The highest BCUT2D eigenvalue weighted by molar-refractivity contribution is 5.95. The molecule has 0 atom stereocenters. The van der Waals surface area contributed by atoms with Crippen molar-refractivity contribution in [3.8, 4) is 5.69 Å². The molecule has 35 heavy (non-hydrogen) atoms. The zero-order chi connectivity index (χ0) is 24.5. The summed E-state index contributed by atoms with van der Waals surface area (Å²) in [6.45, 7) is 13.7. The van der Waals surface area contributed by atoms with E-state index in [1.807, 2.05) is 15.8 Å². The lowest BCUT2D eigenvalue weighted by Crippen LogP contribution is -2.49. The second kappa shape index (κ2) is 9.86. The topological polar surface area (TPSA) is 53.4 Å². The summed E-state index contributed by atoms with van der Waals surface area (Å²) >= 11 is 0. The van der Waals surface area contributed by atoms with Crippen LogP contribution >= 0.6 is 0 Å². The molecule has 0 spiro atoms. The van der Waals surface area contributed by atoms with Gasteiger partial charge >= 0.3 is 0 Å². The third-order valence-electron chi connectivity index (χ3n) is 7.83. The number of aryl methyl sites for hydroxylation is 3. The number of rotatable bonds is 4. The molecule has 2 fully saturated rings. The number of nitrogens with zero attached hydrogens (tertiary/aromatic N) is 4. The molecule has 1 aromatic heterocycles. The van der Waals surface area contributed by atoms with Gasteiger partial charge in [0.1, 0.15) is 0 Å². The predicted octanol–water partition coefficient (Wildman–Crippen LogP) is 4.54. The van der Waals surface area contributed by atoms with Crippen molar-refractivity contribution < 1.29 is 4.79 Å². The van der Waals surface area contributed by atoms with Crippen molar-refractivity contribution >= 4 is 11.6 Å². The first kappa shape index (κ1) is 23.6. The van der Waals surface area contributed by atoms with Crippen molar-refractivity contribution in [3.05, 3.63) is 76.1 Å². The molecule has 6 heteroatoms. The van der Waals surface area contributed by atoms with Crippen molar-refractivity contribution in [2.75, 3.05) is 44.2 Å². The van der Waals surface area contributed by atoms with E-state index in [2.05, 4.69) is 74.3 Å². The number of piperazine rings is 1. The molecule has 5 rings (SSSR count). The Bertz CT molecular complexity index is 1220. The van der Waals surface area contributed by atoms with Gasteiger partial charge in [-0.3, -0.25) is 4.79 Å². The van der Waals surface area contributed by atoms with Crippen LogP contribution in [0.15, 0.2) is 42.6 Å². The monoisotopic (exact) mass is 471 g/mol. The number of amides is 1. The number of benzene rings is 2. The van der Waals surface area contributed by atoms with E-state index in [0.29, 0.717) is 5.92 Å². The number of carbonyl (C=O) groups is 1. The maximum atomic E-state index is 13.8. The Morgan fingerprint density at radius 2 is 1.66 bits per heavy atom. The van der Waals surface area contributed by atoms with Gasteiger partial charge in [-0.2, -0.15) is 5.10 Å². The summed E-state index contributed by atoms with van der Waals surface area (Å²) in [5.74, 6) is 0.449. The lowest BCUT2D eigenvalue weighted by atomic mass is 9.91. The molecule has 0 bridgehead atoms. The smallest absolute Gasteiger partial charge is 0.257 e. The van der Waals surface area contributed by atoms with Gasteiger partial charge in [0.15, 0.2) is 0 Å². The Morgan fingerprint density at radius 1 is 0.914 bits per heavy atom. The van der Waals surface area contributed by atoms with Gasteiger partial charge in [0, 0.05) is 37.8 Å². The van der Waals surface area contributed by atoms with Gasteiger partial charge in [0.2, 0.25) is 0 Å². The molecule has 0 aliphatic carbocycles. The molecule has 0 radical (unpaired) electrons. The number of nitrogens with one attached hydrogen (secondary N) is 1. The van der Waals surface area contributed by atoms with Crippen molar-refractivity contribution in [1.29, 1.82) is 0 Å². The number of carbonyl (C=O) groups excluding carboxylic acids is 1. The zero-order valence-electron chi connectivity index (χ0n) is 21.5. The van der Waals surface area contributed by atoms with Crippen molar-refractivity contribution in [2.45, 2.75) is 46.5 Å². The highest BCUT2D eigenvalue weighted by atomic mass is 16.2. The summed E-state index contributed by atoms with van der Waals surface area (Å²) in [7, 11) is 0. The molecular weight excluding hydrogens is 434 g/mol. The zero-order valence-corrected chi connectivity index (χ0v) is 21.5. The minimum atomic E-state index is 0.121. The highest BCUT2D eigenvalue weighted by Crippen LogP contribution is 2.32. The third kappa shape index (κ3) is 4.59. The standard InChI is InChI=1S/C29H37N5O/c1-20-8-9-26(22(3)18-20)34-28(24-10-12-30-13-11-24)25(19-31-34)29(35)33-16-14-32(15-17-33)27-7-5-6-21(2)23(27)4/h5-9,18-19,24,30H,10-17H2,1-4H3. The summed E-state index contributed by atoms with van der Waals surface area (Å²) < 4.78 is 2.05.